The Labute approximate surface area is 128 Å². The lowest BCUT2D eigenvalue weighted by molar-refractivity contribution is 1.13. The number of aromatic nitrogens is 2. The summed E-state index contributed by atoms with van der Waals surface area (Å²) in [7, 11) is 1.86. The molecule has 0 amide bonds. The molecule has 0 atom stereocenters. The predicted octanol–water partition coefficient (Wildman–Crippen LogP) is 4.02. The van der Waals surface area contributed by atoms with Gasteiger partial charge in [-0.2, -0.15) is 5.26 Å². The van der Waals surface area contributed by atoms with Gasteiger partial charge in [0.15, 0.2) is 0 Å². The zero-order valence-electron chi connectivity index (χ0n) is 12.4. The maximum absolute atomic E-state index is 9.55. The predicted molar refractivity (Wildman–Crippen MR) is 87.8 cm³/mol. The van der Waals surface area contributed by atoms with E-state index in [1.54, 1.807) is 6.20 Å². The molecule has 0 saturated heterocycles. The molecule has 2 N–H and O–H groups in total. The zero-order chi connectivity index (χ0) is 15.1. The highest BCUT2D eigenvalue weighted by molar-refractivity contribution is 5.93. The summed E-state index contributed by atoms with van der Waals surface area (Å²) in [5, 5.41) is 13.6. The van der Waals surface area contributed by atoms with Crippen molar-refractivity contribution in [1.82, 2.24) is 9.97 Å². The molecule has 2 aromatic heterocycles. The molecule has 4 nitrogen and oxygen atoms in total. The molecule has 4 rings (SSSR count). The third-order valence-corrected chi connectivity index (χ3v) is 4.29. The van der Waals surface area contributed by atoms with Gasteiger partial charge in [0.1, 0.15) is 6.07 Å². The maximum atomic E-state index is 9.55. The molecule has 3 aromatic rings. The van der Waals surface area contributed by atoms with Crippen LogP contribution in [0.3, 0.4) is 0 Å². The van der Waals surface area contributed by atoms with E-state index in [2.05, 4.69) is 39.6 Å². The number of nitrogens with zero attached hydrogens (tertiary/aromatic N) is 2. The highest BCUT2D eigenvalue weighted by atomic mass is 14.9. The lowest BCUT2D eigenvalue weighted by Gasteiger charge is -2.01. The number of nitriles is 1. The van der Waals surface area contributed by atoms with Gasteiger partial charge in [-0.05, 0) is 42.5 Å². The first kappa shape index (κ1) is 12.9. The number of hydrogen-bond donors (Lipinski definition) is 2. The van der Waals surface area contributed by atoms with Gasteiger partial charge in [-0.15, -0.1) is 0 Å². The van der Waals surface area contributed by atoms with Gasteiger partial charge >= 0.3 is 0 Å². The summed E-state index contributed by atoms with van der Waals surface area (Å²) in [5.74, 6) is 0.703. The van der Waals surface area contributed by atoms with Crippen LogP contribution in [0, 0.1) is 11.3 Å². The Morgan fingerprint density at radius 1 is 1.27 bits per heavy atom. The average molecular weight is 288 g/mol. The van der Waals surface area contributed by atoms with Crippen LogP contribution >= 0.6 is 0 Å². The fraction of sp³-hybridized carbons (Fsp3) is 0.222. The Balaban J connectivity index is 1.86. The summed E-state index contributed by atoms with van der Waals surface area (Å²) in [6.07, 6.45) is 4.33. The summed E-state index contributed by atoms with van der Waals surface area (Å²) in [5.41, 5.74) is 5.60. The van der Waals surface area contributed by atoms with Gasteiger partial charge in [0.2, 0.25) is 0 Å². The normalized spacial score (nSPS) is 14.0. The number of aromatic amines is 1. The summed E-state index contributed by atoms with van der Waals surface area (Å²) in [4.78, 5) is 7.84. The smallest absolute Gasteiger partial charge is 0.102 e. The lowest BCUT2D eigenvalue weighted by Crippen LogP contribution is -1.91. The average Bonchev–Trinajstić information content (AvgIpc) is 3.35. The molecule has 0 aliphatic heterocycles. The second-order valence-electron chi connectivity index (χ2n) is 5.75. The van der Waals surface area contributed by atoms with E-state index in [1.165, 1.54) is 18.4 Å². The van der Waals surface area contributed by atoms with Gasteiger partial charge in [-0.1, -0.05) is 12.1 Å². The fourth-order valence-electron chi connectivity index (χ4n) is 2.88. The molecule has 1 aliphatic carbocycles. The minimum atomic E-state index is 0.669. The lowest BCUT2D eigenvalue weighted by atomic mass is 10.1. The van der Waals surface area contributed by atoms with Crippen LogP contribution in [0.25, 0.3) is 22.3 Å². The second kappa shape index (κ2) is 4.88. The topological polar surface area (TPSA) is 64.5 Å². The van der Waals surface area contributed by atoms with E-state index in [-0.39, 0.29) is 0 Å². The number of benzene rings is 1. The molecule has 1 aromatic carbocycles. The molecule has 1 aliphatic rings. The first-order valence-corrected chi connectivity index (χ1v) is 7.50. The number of pyridine rings is 1. The summed E-state index contributed by atoms with van der Waals surface area (Å²) in [6.45, 7) is 0. The molecule has 0 radical (unpaired) electrons. The van der Waals surface area contributed by atoms with Crippen molar-refractivity contribution in [2.75, 3.05) is 12.4 Å². The van der Waals surface area contributed by atoms with Crippen LogP contribution in [-0.2, 0) is 0 Å². The minimum absolute atomic E-state index is 0.669. The van der Waals surface area contributed by atoms with Crippen molar-refractivity contribution in [3.8, 4) is 17.5 Å². The summed E-state index contributed by atoms with van der Waals surface area (Å²) < 4.78 is 0. The highest BCUT2D eigenvalue weighted by Gasteiger charge is 2.24. The molecule has 1 fully saturated rings. The van der Waals surface area contributed by atoms with E-state index in [0.29, 0.717) is 11.5 Å². The van der Waals surface area contributed by atoms with E-state index >= 15 is 0 Å². The Hall–Kier alpha value is -2.80. The van der Waals surface area contributed by atoms with E-state index in [9.17, 15) is 5.26 Å². The van der Waals surface area contributed by atoms with Crippen molar-refractivity contribution in [2.24, 2.45) is 0 Å². The Morgan fingerprint density at radius 2 is 2.14 bits per heavy atom. The SMILES string of the molecule is CNc1ccc(-c2[nH]c3cc(C4CC4)ccc3c2C#N)nc1. The monoisotopic (exact) mass is 288 g/mol. The van der Waals surface area contributed by atoms with Crippen molar-refractivity contribution < 1.29 is 0 Å². The molecular formula is C18H16N4. The van der Waals surface area contributed by atoms with E-state index in [4.69, 9.17) is 0 Å². The van der Waals surface area contributed by atoms with E-state index in [0.717, 1.165) is 28.0 Å². The quantitative estimate of drug-likeness (QED) is 0.765. The standard InChI is InChI=1S/C18H16N4/c1-20-13-5-7-16(21-10-13)18-15(9-19)14-6-4-12(11-2-3-11)8-17(14)22-18/h4-8,10-11,20,22H,2-3H2,1H3. The molecule has 4 heteroatoms. The summed E-state index contributed by atoms with van der Waals surface area (Å²) >= 11 is 0. The second-order valence-corrected chi connectivity index (χ2v) is 5.75. The molecular weight excluding hydrogens is 272 g/mol. The largest absolute Gasteiger partial charge is 0.387 e. The van der Waals surface area contributed by atoms with Gasteiger partial charge in [-0.3, -0.25) is 4.98 Å². The number of anilines is 1. The van der Waals surface area contributed by atoms with Crippen LogP contribution in [0.4, 0.5) is 5.69 Å². The zero-order valence-corrected chi connectivity index (χ0v) is 12.4. The molecule has 108 valence electrons. The number of H-pyrrole nitrogens is 1. The van der Waals surface area contributed by atoms with Gasteiger partial charge in [0.25, 0.3) is 0 Å². The Bertz CT molecular complexity index is 880. The Morgan fingerprint density at radius 3 is 2.77 bits per heavy atom. The number of fused-ring (bicyclic) bond motifs is 1. The van der Waals surface area contributed by atoms with Crippen molar-refractivity contribution in [3.63, 3.8) is 0 Å². The molecule has 2 heterocycles. The minimum Gasteiger partial charge on any atom is -0.387 e. The molecule has 1 saturated carbocycles. The van der Waals surface area contributed by atoms with Crippen molar-refractivity contribution in [2.45, 2.75) is 18.8 Å². The van der Waals surface area contributed by atoms with Gasteiger partial charge in [-0.25, -0.2) is 0 Å². The van der Waals surface area contributed by atoms with Crippen molar-refractivity contribution in [1.29, 1.82) is 5.26 Å². The van der Waals surface area contributed by atoms with Crippen LogP contribution in [0.1, 0.15) is 29.9 Å². The fourth-order valence-corrected chi connectivity index (χ4v) is 2.88. The molecule has 0 bridgehead atoms. The van der Waals surface area contributed by atoms with Crippen LogP contribution in [0.15, 0.2) is 36.5 Å². The number of nitrogens with one attached hydrogen (secondary N) is 2. The van der Waals surface area contributed by atoms with E-state index in [1.807, 2.05) is 19.2 Å². The van der Waals surface area contributed by atoms with Crippen molar-refractivity contribution >= 4 is 16.6 Å². The van der Waals surface area contributed by atoms with Crippen LogP contribution in [0.2, 0.25) is 0 Å². The maximum Gasteiger partial charge on any atom is 0.102 e. The first-order valence-electron chi connectivity index (χ1n) is 7.50. The number of hydrogen-bond acceptors (Lipinski definition) is 3. The van der Waals surface area contributed by atoms with E-state index < -0.39 is 0 Å². The third-order valence-electron chi connectivity index (χ3n) is 4.29. The van der Waals surface area contributed by atoms with Gasteiger partial charge in [0.05, 0.1) is 28.8 Å². The van der Waals surface area contributed by atoms with Crippen molar-refractivity contribution in [3.05, 3.63) is 47.7 Å². The number of rotatable bonds is 3. The molecule has 22 heavy (non-hydrogen) atoms. The first-order chi connectivity index (χ1) is 10.8. The van der Waals surface area contributed by atoms with Crippen LogP contribution < -0.4 is 5.32 Å². The third kappa shape index (κ3) is 2.03. The van der Waals surface area contributed by atoms with Crippen LogP contribution in [-0.4, -0.2) is 17.0 Å². The van der Waals surface area contributed by atoms with Gasteiger partial charge < -0.3 is 10.3 Å². The van der Waals surface area contributed by atoms with Crippen LogP contribution in [0.5, 0.6) is 0 Å². The molecule has 0 spiro atoms. The van der Waals surface area contributed by atoms with Gasteiger partial charge in [0, 0.05) is 18.0 Å². The Kier molecular flexibility index (Phi) is 2.87. The summed E-state index contributed by atoms with van der Waals surface area (Å²) in [6, 6.07) is 12.6. The molecule has 0 unspecified atom stereocenters. The highest BCUT2D eigenvalue weighted by Crippen LogP contribution is 2.41.